The number of amides is 2. The average Bonchev–Trinajstić information content (AvgIpc) is 2.36. The van der Waals surface area contributed by atoms with Crippen LogP contribution in [0.5, 0.6) is 5.75 Å². The molecule has 0 bridgehead atoms. The predicted molar refractivity (Wildman–Crippen MR) is 67.7 cm³/mol. The van der Waals surface area contributed by atoms with E-state index in [1.807, 2.05) is 24.3 Å². The fraction of sp³-hybridized carbons (Fsp3) is 0.385. The lowest BCUT2D eigenvalue weighted by molar-refractivity contribution is -0.135. The number of alkyl halides is 1. The smallest absolute Gasteiger partial charge is 0.248 e. The van der Waals surface area contributed by atoms with Crippen molar-refractivity contribution in [3.63, 3.8) is 0 Å². The van der Waals surface area contributed by atoms with Crippen molar-refractivity contribution in [1.82, 2.24) is 5.32 Å². The minimum Gasteiger partial charge on any atom is -0.497 e. The van der Waals surface area contributed by atoms with Gasteiger partial charge in [0.05, 0.1) is 7.11 Å². The highest BCUT2D eigenvalue weighted by Crippen LogP contribution is 2.30. The van der Waals surface area contributed by atoms with Crippen LogP contribution in [0.2, 0.25) is 0 Å². The molecule has 1 aliphatic rings. The molecule has 1 unspecified atom stereocenters. The van der Waals surface area contributed by atoms with E-state index >= 15 is 0 Å². The first-order valence-corrected chi connectivity index (χ1v) is 6.07. The van der Waals surface area contributed by atoms with Crippen LogP contribution in [-0.4, -0.2) is 23.8 Å². The lowest BCUT2D eigenvalue weighted by atomic mass is 9.90. The van der Waals surface area contributed by atoms with Crippen LogP contribution in [0.4, 0.5) is 0 Å². The molecule has 0 aliphatic carbocycles. The molecular weight excluding hydrogens is 254 g/mol. The molecule has 2 amide bonds. The van der Waals surface area contributed by atoms with Crippen molar-refractivity contribution >= 4 is 23.4 Å². The summed E-state index contributed by atoms with van der Waals surface area (Å²) in [6.45, 7) is 0. The maximum absolute atomic E-state index is 11.8. The van der Waals surface area contributed by atoms with E-state index in [1.54, 1.807) is 7.11 Å². The third-order valence-corrected chi connectivity index (χ3v) is 3.55. The van der Waals surface area contributed by atoms with Gasteiger partial charge in [-0.25, -0.2) is 0 Å². The summed E-state index contributed by atoms with van der Waals surface area (Å²) in [6.07, 6.45) is 1.05. The van der Waals surface area contributed by atoms with E-state index in [9.17, 15) is 9.59 Å². The van der Waals surface area contributed by atoms with Gasteiger partial charge in [-0.1, -0.05) is 12.1 Å². The molecule has 0 saturated carbocycles. The van der Waals surface area contributed by atoms with Gasteiger partial charge < -0.3 is 4.74 Å². The van der Waals surface area contributed by atoms with Gasteiger partial charge in [-0.3, -0.25) is 14.9 Å². The van der Waals surface area contributed by atoms with Crippen LogP contribution >= 0.6 is 11.6 Å². The van der Waals surface area contributed by atoms with Gasteiger partial charge in [-0.05, 0) is 24.1 Å². The third-order valence-electron chi connectivity index (χ3n) is 3.05. The first kappa shape index (κ1) is 12.9. The van der Waals surface area contributed by atoms with Crippen LogP contribution in [0, 0.1) is 0 Å². The Balaban J connectivity index is 2.11. The van der Waals surface area contributed by atoms with Crippen LogP contribution in [0.25, 0.3) is 0 Å². The first-order valence-electron chi connectivity index (χ1n) is 5.70. The van der Waals surface area contributed by atoms with E-state index in [1.165, 1.54) is 0 Å². The van der Waals surface area contributed by atoms with Crippen LogP contribution in [0.1, 0.15) is 18.4 Å². The number of ether oxygens (including phenoxy) is 1. The van der Waals surface area contributed by atoms with Crippen LogP contribution < -0.4 is 10.1 Å². The monoisotopic (exact) mass is 267 g/mol. The second kappa shape index (κ2) is 4.98. The fourth-order valence-electron chi connectivity index (χ4n) is 1.96. The average molecular weight is 268 g/mol. The number of methoxy groups -OCH3 is 1. The van der Waals surface area contributed by atoms with Gasteiger partial charge in [0.25, 0.3) is 0 Å². The molecule has 1 aromatic rings. The van der Waals surface area contributed by atoms with E-state index < -0.39 is 10.8 Å². The summed E-state index contributed by atoms with van der Waals surface area (Å²) < 4.78 is 5.06. The van der Waals surface area contributed by atoms with Crippen molar-refractivity contribution in [2.45, 2.75) is 24.1 Å². The highest BCUT2D eigenvalue weighted by molar-refractivity contribution is 6.36. The summed E-state index contributed by atoms with van der Waals surface area (Å²) >= 11 is 6.30. The second-order valence-electron chi connectivity index (χ2n) is 4.37. The Morgan fingerprint density at radius 1 is 1.33 bits per heavy atom. The Hall–Kier alpha value is -1.55. The van der Waals surface area contributed by atoms with Crippen molar-refractivity contribution in [2.75, 3.05) is 7.11 Å². The Kier molecular flexibility index (Phi) is 3.57. The van der Waals surface area contributed by atoms with Gasteiger partial charge in [0.15, 0.2) is 0 Å². The summed E-state index contributed by atoms with van der Waals surface area (Å²) in [7, 11) is 1.60. The zero-order chi connectivity index (χ0) is 13.2. The summed E-state index contributed by atoms with van der Waals surface area (Å²) in [4.78, 5) is 21.8. The first-order chi connectivity index (χ1) is 8.53. The highest BCUT2D eigenvalue weighted by atomic mass is 35.5. The van der Waals surface area contributed by atoms with E-state index in [0.29, 0.717) is 12.8 Å². The van der Waals surface area contributed by atoms with E-state index in [0.717, 1.165) is 11.3 Å². The zero-order valence-corrected chi connectivity index (χ0v) is 10.8. The Morgan fingerprint density at radius 2 is 2.00 bits per heavy atom. The Labute approximate surface area is 110 Å². The lowest BCUT2D eigenvalue weighted by Gasteiger charge is -2.29. The molecule has 96 valence electrons. The normalized spacial score (nSPS) is 23.7. The number of benzene rings is 1. The minimum absolute atomic E-state index is 0.258. The molecule has 0 aromatic heterocycles. The Bertz CT molecular complexity index is 472. The number of carbonyl (C=O) groups is 2. The molecule has 0 spiro atoms. The van der Waals surface area contributed by atoms with Crippen molar-refractivity contribution < 1.29 is 14.3 Å². The lowest BCUT2D eigenvalue weighted by Crippen LogP contribution is -2.51. The molecule has 18 heavy (non-hydrogen) atoms. The number of carbonyl (C=O) groups excluding carboxylic acids is 2. The molecule has 1 atom stereocenters. The van der Waals surface area contributed by atoms with Gasteiger partial charge in [-0.15, -0.1) is 11.6 Å². The van der Waals surface area contributed by atoms with Crippen LogP contribution in [-0.2, 0) is 16.0 Å². The van der Waals surface area contributed by atoms with Gasteiger partial charge in [0.2, 0.25) is 11.8 Å². The molecule has 1 aliphatic heterocycles. The number of hydrogen-bond donors (Lipinski definition) is 1. The highest BCUT2D eigenvalue weighted by Gasteiger charge is 2.40. The van der Waals surface area contributed by atoms with Crippen molar-refractivity contribution in [3.8, 4) is 5.75 Å². The van der Waals surface area contributed by atoms with Crippen molar-refractivity contribution in [1.29, 1.82) is 0 Å². The third kappa shape index (κ3) is 2.64. The molecule has 2 rings (SSSR count). The Morgan fingerprint density at radius 3 is 2.56 bits per heavy atom. The molecule has 1 aromatic carbocycles. The molecule has 4 nitrogen and oxygen atoms in total. The molecule has 5 heteroatoms. The maximum Gasteiger partial charge on any atom is 0.248 e. The largest absolute Gasteiger partial charge is 0.497 e. The van der Waals surface area contributed by atoms with E-state index in [4.69, 9.17) is 16.3 Å². The van der Waals surface area contributed by atoms with Crippen molar-refractivity contribution in [2.24, 2.45) is 0 Å². The number of halogens is 1. The maximum atomic E-state index is 11.8. The standard InChI is InChI=1S/C13H14ClNO3/c1-18-10-4-2-9(3-5-10)8-13(14)7-6-11(16)15-12(13)17/h2-5H,6-8H2,1H3,(H,15,16,17). The number of rotatable bonds is 3. The van der Waals surface area contributed by atoms with Gasteiger partial charge >= 0.3 is 0 Å². The van der Waals surface area contributed by atoms with Gasteiger partial charge in [0.1, 0.15) is 10.6 Å². The number of hydrogen-bond acceptors (Lipinski definition) is 3. The molecule has 0 radical (unpaired) electrons. The molecule has 1 fully saturated rings. The minimum atomic E-state index is -1.03. The quantitative estimate of drug-likeness (QED) is 0.669. The van der Waals surface area contributed by atoms with Gasteiger partial charge in [0, 0.05) is 12.8 Å². The second-order valence-corrected chi connectivity index (χ2v) is 5.09. The van der Waals surface area contributed by atoms with E-state index in [-0.39, 0.29) is 12.3 Å². The summed E-state index contributed by atoms with van der Waals surface area (Å²) in [5.74, 6) is 0.0906. The number of piperidine rings is 1. The SMILES string of the molecule is COc1ccc(CC2(Cl)CCC(=O)NC2=O)cc1. The van der Waals surface area contributed by atoms with Crippen molar-refractivity contribution in [3.05, 3.63) is 29.8 Å². The molecule has 1 saturated heterocycles. The topological polar surface area (TPSA) is 55.4 Å². The zero-order valence-electron chi connectivity index (χ0n) is 10.0. The predicted octanol–water partition coefficient (Wildman–Crippen LogP) is 1.65. The summed E-state index contributed by atoms with van der Waals surface area (Å²) in [5.41, 5.74) is 0.940. The fourth-order valence-corrected chi connectivity index (χ4v) is 2.26. The molecule has 1 N–H and O–H groups in total. The molecular formula is C13H14ClNO3. The van der Waals surface area contributed by atoms with E-state index in [2.05, 4.69) is 5.32 Å². The van der Waals surface area contributed by atoms with Crippen LogP contribution in [0.3, 0.4) is 0 Å². The molecule has 1 heterocycles. The summed E-state index contributed by atoms with van der Waals surface area (Å²) in [5, 5.41) is 2.28. The number of nitrogens with one attached hydrogen (secondary N) is 1. The summed E-state index contributed by atoms with van der Waals surface area (Å²) in [6, 6.07) is 7.38. The number of imide groups is 1. The van der Waals surface area contributed by atoms with Gasteiger partial charge in [-0.2, -0.15) is 0 Å². The van der Waals surface area contributed by atoms with Crippen LogP contribution in [0.15, 0.2) is 24.3 Å².